The Bertz CT molecular complexity index is 4130. The van der Waals surface area contributed by atoms with Gasteiger partial charge in [-0.1, -0.05) is 42.5 Å². The lowest BCUT2D eigenvalue weighted by molar-refractivity contribution is -0.136. The Balaban J connectivity index is 1.77. The molecule has 3 aromatic carbocycles. The van der Waals surface area contributed by atoms with Crippen molar-refractivity contribution in [1.29, 1.82) is 0 Å². The molecule has 0 spiro atoms. The molecule has 706 valence electrons. The number of aliphatic imine (C=N–C) groups is 2. The van der Waals surface area contributed by atoms with Crippen molar-refractivity contribution in [3.8, 4) is 11.5 Å². The first kappa shape index (κ1) is 108. The van der Waals surface area contributed by atoms with Crippen molar-refractivity contribution in [3.05, 3.63) is 95.7 Å². The zero-order chi connectivity index (χ0) is 93.6. The summed E-state index contributed by atoms with van der Waals surface area (Å²) in [5, 5.41) is 54.3. The lowest BCUT2D eigenvalue weighted by Crippen LogP contribution is -2.61. The predicted octanol–water partition coefficient (Wildman–Crippen LogP) is -4.06. The summed E-state index contributed by atoms with van der Waals surface area (Å²) in [6, 6.07) is 2.03. The lowest BCUT2D eigenvalue weighted by atomic mass is 10.00. The average Bonchev–Trinajstić information content (AvgIpc) is 1.69. The zero-order valence-corrected chi connectivity index (χ0v) is 73.1. The van der Waals surface area contributed by atoms with E-state index in [-0.39, 0.29) is 179 Å². The maximum absolute atomic E-state index is 15.5. The van der Waals surface area contributed by atoms with Gasteiger partial charge in [0.2, 0.25) is 76.8 Å². The summed E-state index contributed by atoms with van der Waals surface area (Å²) in [6.45, 7) is 2.89. The van der Waals surface area contributed by atoms with Gasteiger partial charge in [0.05, 0.1) is 0 Å². The van der Waals surface area contributed by atoms with Crippen LogP contribution in [0, 0.1) is 0 Å². The maximum atomic E-state index is 15.5. The molecule has 4 rings (SSSR count). The van der Waals surface area contributed by atoms with E-state index in [4.69, 9.17) is 68.8 Å². The van der Waals surface area contributed by atoms with Gasteiger partial charge in [0, 0.05) is 56.4 Å². The monoisotopic (exact) mass is 1780 g/mol. The molecule has 39 N–H and O–H groups in total. The molecule has 0 aliphatic rings. The third-order valence-corrected chi connectivity index (χ3v) is 21.1. The fourth-order valence-electron chi connectivity index (χ4n) is 14.0. The first-order chi connectivity index (χ1) is 60.9. The minimum Gasteiger partial charge on any atom is -0.508 e. The molecule has 127 heavy (non-hydrogen) atoms. The molecule has 4 aromatic rings. The molecule has 42 nitrogen and oxygen atoms in total. The number of guanidine groups is 2. The number of benzene rings is 3. The van der Waals surface area contributed by atoms with Crippen molar-refractivity contribution in [1.82, 2.24) is 68.8 Å². The number of phenolic OH excluding ortho intramolecular Hbond substituents is 2. The van der Waals surface area contributed by atoms with E-state index in [9.17, 15) is 48.6 Å². The molecule has 42 heteroatoms. The van der Waals surface area contributed by atoms with Crippen LogP contribution >= 0.6 is 0 Å². The number of aromatic hydroxyl groups is 2. The number of H-pyrrole nitrogens is 1. The van der Waals surface area contributed by atoms with Crippen LogP contribution in [0.4, 0.5) is 0 Å². The molecule has 0 saturated carbocycles. The van der Waals surface area contributed by atoms with Gasteiger partial charge in [0.15, 0.2) is 11.9 Å². The summed E-state index contributed by atoms with van der Waals surface area (Å²) in [7, 11) is 0. The highest BCUT2D eigenvalue weighted by Gasteiger charge is 2.38. The number of nitrogens with zero attached hydrogens (tertiary/aromatic N) is 2. The number of rotatable bonds is 66. The van der Waals surface area contributed by atoms with Crippen LogP contribution in [-0.4, -0.2) is 235 Å². The van der Waals surface area contributed by atoms with Crippen molar-refractivity contribution in [2.24, 2.45) is 78.8 Å². The predicted molar refractivity (Wildman–Crippen MR) is 484 cm³/mol. The van der Waals surface area contributed by atoms with Gasteiger partial charge in [-0.05, 0) is 253 Å². The normalized spacial score (nSPS) is 14.0. The number of amides is 13. The van der Waals surface area contributed by atoms with Crippen LogP contribution in [0.2, 0.25) is 0 Å². The van der Waals surface area contributed by atoms with Crippen molar-refractivity contribution < 1.29 is 72.5 Å². The first-order valence-electron chi connectivity index (χ1n) is 43.9. The molecule has 0 aliphatic carbocycles. The van der Waals surface area contributed by atoms with E-state index in [2.05, 4.69) is 78.8 Å². The van der Waals surface area contributed by atoms with E-state index < -0.39 is 149 Å². The third-order valence-electron chi connectivity index (χ3n) is 21.1. The molecule has 0 radical (unpaired) electrons. The van der Waals surface area contributed by atoms with E-state index >= 15 is 24.0 Å². The van der Waals surface area contributed by atoms with Crippen molar-refractivity contribution in [2.75, 3.05) is 58.9 Å². The van der Waals surface area contributed by atoms with Gasteiger partial charge in [0.25, 0.3) is 0 Å². The molecule has 0 bridgehead atoms. The van der Waals surface area contributed by atoms with Crippen LogP contribution in [-0.2, 0) is 81.6 Å². The number of aromatic nitrogens is 1. The lowest BCUT2D eigenvalue weighted by Gasteiger charge is -2.29. The highest BCUT2D eigenvalue weighted by atomic mass is 16.3. The second-order valence-electron chi connectivity index (χ2n) is 31.5. The number of hydrogen-bond acceptors (Lipinski definition) is 24. The van der Waals surface area contributed by atoms with Crippen molar-refractivity contribution >= 4 is 99.6 Å². The fraction of sp³-hybridized carbons (Fsp3) is 0.588. The Morgan fingerprint density at radius 2 is 0.535 bits per heavy atom. The Morgan fingerprint density at radius 3 is 0.803 bits per heavy atom. The largest absolute Gasteiger partial charge is 0.508 e. The van der Waals surface area contributed by atoms with Gasteiger partial charge in [-0.3, -0.25) is 72.3 Å². The zero-order valence-electron chi connectivity index (χ0n) is 73.1. The second kappa shape index (κ2) is 60.7. The second-order valence-corrected chi connectivity index (χ2v) is 31.5. The van der Waals surface area contributed by atoms with E-state index in [1.54, 1.807) is 30.5 Å². The van der Waals surface area contributed by atoms with Crippen LogP contribution in [0.15, 0.2) is 89.0 Å². The molecule has 0 saturated heterocycles. The van der Waals surface area contributed by atoms with Gasteiger partial charge in [-0.2, -0.15) is 0 Å². The Labute approximate surface area is 741 Å². The van der Waals surface area contributed by atoms with Crippen molar-refractivity contribution in [2.45, 2.75) is 259 Å². The number of hydrogen-bond donors (Lipinski definition) is 27. The van der Waals surface area contributed by atoms with E-state index in [0.717, 1.165) is 0 Å². The summed E-state index contributed by atoms with van der Waals surface area (Å²) >= 11 is 0. The number of carbonyl (C=O) groups excluding carboxylic acids is 13. The molecule has 0 fully saturated rings. The number of nitrogens with two attached hydrogens (primary N) is 12. The highest BCUT2D eigenvalue weighted by molar-refractivity contribution is 6.00. The third kappa shape index (κ3) is 41.9. The molecule has 0 unspecified atom stereocenters. The van der Waals surface area contributed by atoms with Gasteiger partial charge < -0.3 is 148 Å². The minimum atomic E-state index is -1.58. The van der Waals surface area contributed by atoms with Crippen molar-refractivity contribution in [3.63, 3.8) is 0 Å². The van der Waals surface area contributed by atoms with Gasteiger partial charge >= 0.3 is 0 Å². The standard InChI is InChI=1S/C85H141N27O15/c1-52(113)101-61(29-18-46-98-84(94)95)73(117)110-70(49-54-33-37-57(115)38-34-54)82(126)111-69(48-53-31-35-56(114)36-32-53)81(125)109-68(30-19-47-99-85(96)97)80(124)112-71(50-55-51-100-59-21-3-2-20-58(55)59)83(127)108-67(28-10-17-45-92)79(123)107-66(27-9-16-44-91)78(122)106-65(26-8-15-43-90)77(121)105-64(25-7-14-42-89)76(120)104-63(24-6-13-41-88)75(119)103-62(23-5-12-40-87)74(118)102-60(72(93)116)22-4-11-39-86/h2-3,20-21,31-38,51,60-71,100,114-115H,4-19,22-30,39-50,86-92H2,1H3,(H2,93,116)(H,101,113)(H,102,118)(H,103,119)(H,104,120)(H,105,121)(H,106,122)(H,107,123)(H,108,127)(H,109,125)(H,110,117)(H,111,126)(H,112,124)(H4,94,95,98)(H4,96,97,99)/t60-,61-,62-,63-,64-,65-,66-,67-,68-,69-,70-,71-/m0/s1. The van der Waals surface area contributed by atoms with E-state index in [1.165, 1.54) is 55.5 Å². The van der Waals surface area contributed by atoms with Crippen LogP contribution in [0.3, 0.4) is 0 Å². The molecule has 12 atom stereocenters. The topological polar surface area (TPSA) is 759 Å². The Hall–Kier alpha value is -11.8. The number of nitrogens with one attached hydrogen (secondary N) is 13. The van der Waals surface area contributed by atoms with E-state index in [0.29, 0.717) is 111 Å². The van der Waals surface area contributed by atoms with Crippen LogP contribution in [0.25, 0.3) is 10.9 Å². The first-order valence-corrected chi connectivity index (χ1v) is 43.9. The summed E-state index contributed by atoms with van der Waals surface area (Å²) in [5.74, 6) is -11.3. The number of unbranched alkanes of at least 4 members (excludes halogenated alkanes) is 7. The van der Waals surface area contributed by atoms with E-state index in [1.807, 2.05) is 0 Å². The number of carbonyl (C=O) groups is 13. The van der Waals surface area contributed by atoms with Gasteiger partial charge in [-0.15, -0.1) is 0 Å². The number of primary amides is 1. The molecular weight excluding hydrogens is 1640 g/mol. The maximum Gasteiger partial charge on any atom is 0.243 e. The number of fused-ring (bicyclic) bond motifs is 1. The smallest absolute Gasteiger partial charge is 0.243 e. The summed E-state index contributed by atoms with van der Waals surface area (Å²) in [4.78, 5) is 200. The molecule has 13 amide bonds. The molecule has 1 aromatic heterocycles. The molecular formula is C85H141N27O15. The quantitative estimate of drug-likeness (QED) is 0.0114. The van der Waals surface area contributed by atoms with Crippen LogP contribution in [0.5, 0.6) is 11.5 Å². The number of aromatic amines is 1. The minimum absolute atomic E-state index is 0.00964. The van der Waals surface area contributed by atoms with Crippen LogP contribution < -0.4 is 133 Å². The SMILES string of the molecule is CC(=O)N[C@@H](CCCN=C(N)N)C(=O)N[C@@H](Cc1ccc(O)cc1)C(=O)N[C@@H](Cc1ccc(O)cc1)C(=O)N[C@@H](CCCN=C(N)N)C(=O)N[C@@H](Cc1c[nH]c2ccccc12)C(=O)N[C@@H](CCCCN)C(=O)N[C@@H](CCCCN)C(=O)N[C@@H](CCCCN)C(=O)N[C@@H](CCCCN)C(=O)N[C@@H](CCCCN)C(=O)N[C@@H](CCCCN)C(=O)N[C@@H](CCCCN)C(N)=O. The van der Waals surface area contributed by atoms with Gasteiger partial charge in [0.1, 0.15) is 84.0 Å². The molecule has 1 heterocycles. The number of phenols is 2. The number of para-hydroxylation sites is 1. The Morgan fingerprint density at radius 1 is 0.299 bits per heavy atom. The average molecular weight is 1780 g/mol. The highest BCUT2D eigenvalue weighted by Crippen LogP contribution is 2.22. The van der Waals surface area contributed by atoms with Gasteiger partial charge in [-0.25, -0.2) is 0 Å². The summed E-state index contributed by atoms with van der Waals surface area (Å²) < 4.78 is 0. The Kier molecular flexibility index (Phi) is 51.4. The molecule has 0 aliphatic heterocycles. The van der Waals surface area contributed by atoms with Crippen LogP contribution in [0.1, 0.15) is 184 Å². The summed E-state index contributed by atoms with van der Waals surface area (Å²) in [6.07, 6.45) is 6.60. The fourth-order valence-corrected chi connectivity index (χ4v) is 14.0. The summed E-state index contributed by atoms with van der Waals surface area (Å²) in [5.41, 5.74) is 71.4.